The van der Waals surface area contributed by atoms with Crippen LogP contribution >= 0.6 is 34.5 Å². The first kappa shape index (κ1) is 16.7. The van der Waals surface area contributed by atoms with Crippen molar-refractivity contribution >= 4 is 56.3 Å². The number of nitro benzene ring substituents is 1. The third kappa shape index (κ3) is 3.36. The van der Waals surface area contributed by atoms with E-state index in [4.69, 9.17) is 27.9 Å². The molecule has 0 bridgehead atoms. The maximum Gasteiger partial charge on any atom is 0.350 e. The van der Waals surface area contributed by atoms with Crippen molar-refractivity contribution in [1.82, 2.24) is 0 Å². The molecule has 3 rings (SSSR count). The Kier molecular flexibility index (Phi) is 4.71. The number of carbonyl (C=O) groups excluding carboxylic acids is 1. The number of non-ortho nitro benzene ring substituents is 1. The van der Waals surface area contributed by atoms with Crippen molar-refractivity contribution in [3.8, 4) is 0 Å². The lowest BCUT2D eigenvalue weighted by Crippen LogP contribution is -2.04. The highest BCUT2D eigenvalue weighted by atomic mass is 35.5. The second-order valence-corrected chi connectivity index (χ2v) is 6.76. The Morgan fingerprint density at radius 1 is 1.21 bits per heavy atom. The summed E-state index contributed by atoms with van der Waals surface area (Å²) in [4.78, 5) is 22.8. The molecule has 0 spiro atoms. The quantitative estimate of drug-likeness (QED) is 0.341. The van der Waals surface area contributed by atoms with Gasteiger partial charge in [-0.15, -0.1) is 11.3 Å². The number of fused-ring (bicyclic) bond motifs is 1. The SMILES string of the molecule is O=C(OCc1cccc([N+](=O)[O-])c1)c1sc2cc(Cl)ccc2c1Cl. The number of rotatable bonds is 4. The molecule has 5 nitrogen and oxygen atoms in total. The lowest BCUT2D eigenvalue weighted by molar-refractivity contribution is -0.384. The van der Waals surface area contributed by atoms with Crippen molar-refractivity contribution in [2.75, 3.05) is 0 Å². The van der Waals surface area contributed by atoms with Crippen LogP contribution in [-0.2, 0) is 11.3 Å². The van der Waals surface area contributed by atoms with Crippen LogP contribution in [-0.4, -0.2) is 10.9 Å². The van der Waals surface area contributed by atoms with Crippen LogP contribution in [0.4, 0.5) is 5.69 Å². The van der Waals surface area contributed by atoms with E-state index in [1.54, 1.807) is 24.3 Å². The molecule has 0 aliphatic carbocycles. The number of benzene rings is 2. The van der Waals surface area contributed by atoms with Crippen LogP contribution in [0.2, 0.25) is 10.0 Å². The molecular formula is C16H9Cl2NO4S. The van der Waals surface area contributed by atoms with Gasteiger partial charge in [0.1, 0.15) is 11.5 Å². The van der Waals surface area contributed by atoms with E-state index >= 15 is 0 Å². The third-order valence-corrected chi connectivity index (χ3v) is 5.14. The standard InChI is InChI=1S/C16H9Cl2NO4S/c17-10-4-5-12-13(7-10)24-15(14(12)18)16(20)23-8-9-2-1-3-11(6-9)19(21)22/h1-7H,8H2. The smallest absolute Gasteiger partial charge is 0.350 e. The van der Waals surface area contributed by atoms with Gasteiger partial charge in [0.2, 0.25) is 0 Å². The summed E-state index contributed by atoms with van der Waals surface area (Å²) in [6.07, 6.45) is 0. The maximum atomic E-state index is 12.2. The first-order chi connectivity index (χ1) is 11.5. The van der Waals surface area contributed by atoms with Gasteiger partial charge in [-0.3, -0.25) is 10.1 Å². The number of esters is 1. The highest BCUT2D eigenvalue weighted by Gasteiger charge is 2.19. The zero-order chi connectivity index (χ0) is 17.3. The molecular weight excluding hydrogens is 373 g/mol. The molecule has 0 saturated carbocycles. The van der Waals surface area contributed by atoms with Gasteiger partial charge in [0, 0.05) is 27.2 Å². The van der Waals surface area contributed by atoms with Gasteiger partial charge in [0.25, 0.3) is 5.69 Å². The Morgan fingerprint density at radius 2 is 2.00 bits per heavy atom. The topological polar surface area (TPSA) is 69.4 Å². The first-order valence-electron chi connectivity index (χ1n) is 6.73. The minimum absolute atomic E-state index is 0.0573. The fourth-order valence-corrected chi connectivity index (χ4v) is 3.82. The van der Waals surface area contributed by atoms with Crippen molar-refractivity contribution in [1.29, 1.82) is 0 Å². The van der Waals surface area contributed by atoms with Crippen molar-refractivity contribution < 1.29 is 14.5 Å². The summed E-state index contributed by atoms with van der Waals surface area (Å²) >= 11 is 13.4. The Bertz CT molecular complexity index is 954. The number of thiophene rings is 1. The maximum absolute atomic E-state index is 12.2. The Morgan fingerprint density at radius 3 is 2.75 bits per heavy atom. The van der Waals surface area contributed by atoms with E-state index in [0.29, 0.717) is 15.6 Å². The van der Waals surface area contributed by atoms with Crippen molar-refractivity contribution in [2.24, 2.45) is 0 Å². The normalized spacial score (nSPS) is 10.8. The molecule has 8 heteroatoms. The molecule has 122 valence electrons. The van der Waals surface area contributed by atoms with Crippen LogP contribution in [0, 0.1) is 10.1 Å². The summed E-state index contributed by atoms with van der Waals surface area (Å²) in [5.74, 6) is -0.580. The summed E-state index contributed by atoms with van der Waals surface area (Å²) in [6.45, 7) is -0.0775. The second-order valence-electron chi connectivity index (χ2n) is 4.89. The number of hydrogen-bond donors (Lipinski definition) is 0. The van der Waals surface area contributed by atoms with E-state index in [2.05, 4.69) is 0 Å². The number of ether oxygens (including phenoxy) is 1. The largest absolute Gasteiger partial charge is 0.457 e. The molecule has 0 amide bonds. The van der Waals surface area contributed by atoms with Crippen LogP contribution in [0.3, 0.4) is 0 Å². The fourth-order valence-electron chi connectivity index (χ4n) is 2.14. The molecule has 0 saturated heterocycles. The molecule has 2 aromatic carbocycles. The second kappa shape index (κ2) is 6.76. The zero-order valence-electron chi connectivity index (χ0n) is 12.0. The lowest BCUT2D eigenvalue weighted by Gasteiger charge is -2.04. The Balaban J connectivity index is 1.79. The average molecular weight is 382 g/mol. The van der Waals surface area contributed by atoms with E-state index in [0.717, 1.165) is 10.1 Å². The van der Waals surface area contributed by atoms with Crippen molar-refractivity contribution in [2.45, 2.75) is 6.61 Å². The van der Waals surface area contributed by atoms with Gasteiger partial charge in [0.05, 0.1) is 9.95 Å². The highest BCUT2D eigenvalue weighted by molar-refractivity contribution is 7.21. The summed E-state index contributed by atoms with van der Waals surface area (Å²) in [7, 11) is 0. The molecule has 0 atom stereocenters. The van der Waals surface area contributed by atoms with E-state index < -0.39 is 10.9 Å². The Hall–Kier alpha value is -2.15. The number of nitrogens with zero attached hydrogens (tertiary/aromatic N) is 1. The molecule has 3 aromatic rings. The summed E-state index contributed by atoms with van der Waals surface area (Å²) in [5.41, 5.74) is 0.468. The van der Waals surface area contributed by atoms with Gasteiger partial charge < -0.3 is 4.74 Å². The van der Waals surface area contributed by atoms with Gasteiger partial charge >= 0.3 is 5.97 Å². The van der Waals surface area contributed by atoms with E-state index in [9.17, 15) is 14.9 Å². The van der Waals surface area contributed by atoms with Crippen LogP contribution in [0.15, 0.2) is 42.5 Å². The number of carbonyl (C=O) groups is 1. The number of halogens is 2. The van der Waals surface area contributed by atoms with Crippen LogP contribution < -0.4 is 0 Å². The summed E-state index contributed by atoms with van der Waals surface area (Å²) in [6, 6.07) is 11.1. The molecule has 0 radical (unpaired) electrons. The molecule has 0 unspecified atom stereocenters. The number of nitro groups is 1. The molecule has 0 fully saturated rings. The predicted octanol–water partition coefficient (Wildman–Crippen LogP) is 5.47. The predicted molar refractivity (Wildman–Crippen MR) is 94.1 cm³/mol. The summed E-state index contributed by atoms with van der Waals surface area (Å²) < 4.78 is 6.01. The van der Waals surface area contributed by atoms with Crippen molar-refractivity contribution in [3.05, 3.63) is 73.1 Å². The van der Waals surface area contributed by atoms with Crippen LogP contribution in [0.5, 0.6) is 0 Å². The zero-order valence-corrected chi connectivity index (χ0v) is 14.3. The van der Waals surface area contributed by atoms with Gasteiger partial charge in [0.15, 0.2) is 0 Å². The minimum atomic E-state index is -0.580. The highest BCUT2D eigenvalue weighted by Crippen LogP contribution is 2.37. The average Bonchev–Trinajstić information content (AvgIpc) is 2.89. The van der Waals surface area contributed by atoms with E-state index in [1.807, 2.05) is 0 Å². The fraction of sp³-hybridized carbons (Fsp3) is 0.0625. The van der Waals surface area contributed by atoms with Gasteiger partial charge in [-0.1, -0.05) is 41.4 Å². The lowest BCUT2D eigenvalue weighted by atomic mass is 10.2. The van der Waals surface area contributed by atoms with Gasteiger partial charge in [-0.25, -0.2) is 4.79 Å². The van der Waals surface area contributed by atoms with Crippen LogP contribution in [0.1, 0.15) is 15.2 Å². The molecule has 0 aliphatic rings. The van der Waals surface area contributed by atoms with Crippen molar-refractivity contribution in [3.63, 3.8) is 0 Å². The van der Waals surface area contributed by atoms with E-state index in [-0.39, 0.29) is 17.2 Å². The molecule has 1 heterocycles. The molecule has 1 aromatic heterocycles. The van der Waals surface area contributed by atoms with Gasteiger partial charge in [-0.05, 0) is 17.7 Å². The van der Waals surface area contributed by atoms with Crippen LogP contribution in [0.25, 0.3) is 10.1 Å². The first-order valence-corrected chi connectivity index (χ1v) is 8.31. The Labute approximate surface area is 150 Å². The summed E-state index contributed by atoms with van der Waals surface area (Å²) in [5, 5.41) is 12.4. The van der Waals surface area contributed by atoms with Gasteiger partial charge in [-0.2, -0.15) is 0 Å². The van der Waals surface area contributed by atoms with E-state index in [1.165, 1.54) is 29.5 Å². The monoisotopic (exact) mass is 381 g/mol. The molecule has 0 aliphatic heterocycles. The molecule has 24 heavy (non-hydrogen) atoms. The third-order valence-electron chi connectivity index (χ3n) is 3.27. The minimum Gasteiger partial charge on any atom is -0.457 e. The number of hydrogen-bond acceptors (Lipinski definition) is 5. The molecule has 0 N–H and O–H groups in total.